The third kappa shape index (κ3) is 3.86. The van der Waals surface area contributed by atoms with Gasteiger partial charge in [-0.2, -0.15) is 0 Å². The minimum atomic E-state index is -6.00. The minimum absolute atomic E-state index is 0.932. The van der Waals surface area contributed by atoms with Crippen LogP contribution in [0.25, 0.3) is 0 Å². The average molecular weight is 319 g/mol. The summed E-state index contributed by atoms with van der Waals surface area (Å²) >= 11 is 1.69. The van der Waals surface area contributed by atoms with Crippen LogP contribution in [0, 0.1) is 0 Å². The molecule has 0 saturated carbocycles. The van der Waals surface area contributed by atoms with Crippen molar-refractivity contribution in [1.82, 2.24) is 0 Å². The number of benzene rings is 2. The van der Waals surface area contributed by atoms with Crippen molar-refractivity contribution in [2.75, 3.05) is 0 Å². The molecule has 0 fully saturated rings. The second-order valence-electron chi connectivity index (χ2n) is 3.76. The predicted octanol–water partition coefficient (Wildman–Crippen LogP) is 4.62. The van der Waals surface area contributed by atoms with Crippen LogP contribution < -0.4 is 0 Å². The molecule has 1 aliphatic rings. The molecule has 0 amide bonds. The number of fused-ring (bicyclic) bond motifs is 2. The maximum absolute atomic E-state index is 12.2. The van der Waals surface area contributed by atoms with Crippen molar-refractivity contribution in [3.63, 3.8) is 0 Å². The van der Waals surface area contributed by atoms with Gasteiger partial charge in [0.1, 0.15) is 0 Å². The molecule has 3 rings (SSSR count). The summed E-state index contributed by atoms with van der Waals surface area (Å²) in [5, 5.41) is 0. The summed E-state index contributed by atoms with van der Waals surface area (Å²) in [6, 6.07) is 15.8. The highest BCUT2D eigenvalue weighted by molar-refractivity contribution is 8.01. The molecule has 20 heavy (non-hydrogen) atoms. The summed E-state index contributed by atoms with van der Waals surface area (Å²) < 4.78 is 51.2. The van der Waals surface area contributed by atoms with Gasteiger partial charge in [-0.25, -0.2) is 4.21 Å². The van der Waals surface area contributed by atoms with E-state index in [9.17, 15) is 21.5 Å². The standard InChI is InChI=1S/C12H8OS2.BF4/c13-15-11-7-3-1-5-9(11)14-10-6-2-4-8-12(10)15;2-1(3,4)5/h1-8H;/q;-1. The Kier molecular flexibility index (Phi) is 4.54. The van der Waals surface area contributed by atoms with Gasteiger partial charge in [-0.1, -0.05) is 36.0 Å². The molecule has 106 valence electrons. The third-order valence-corrected chi connectivity index (χ3v) is 5.24. The number of halogens is 4. The highest BCUT2D eigenvalue weighted by atomic mass is 32.2. The molecule has 2 aromatic carbocycles. The lowest BCUT2D eigenvalue weighted by Gasteiger charge is -2.17. The van der Waals surface area contributed by atoms with Crippen molar-refractivity contribution >= 4 is 29.8 Å². The monoisotopic (exact) mass is 319 g/mol. The molecular weight excluding hydrogens is 311 g/mol. The van der Waals surface area contributed by atoms with Crippen LogP contribution in [0.15, 0.2) is 68.1 Å². The van der Waals surface area contributed by atoms with Crippen LogP contribution in [-0.4, -0.2) is 11.5 Å². The number of rotatable bonds is 0. The van der Waals surface area contributed by atoms with Gasteiger partial charge >= 0.3 is 7.25 Å². The maximum Gasteiger partial charge on any atom is 0.673 e. The Bertz CT molecular complexity index is 592. The molecule has 2 aromatic rings. The van der Waals surface area contributed by atoms with E-state index in [4.69, 9.17) is 0 Å². The molecule has 0 N–H and O–H groups in total. The molecule has 0 saturated heterocycles. The molecule has 0 aromatic heterocycles. The first-order valence-corrected chi connectivity index (χ1v) is 7.48. The lowest BCUT2D eigenvalue weighted by Crippen LogP contribution is -2.02. The van der Waals surface area contributed by atoms with Gasteiger partial charge in [0, 0.05) is 9.79 Å². The van der Waals surface area contributed by atoms with Gasteiger partial charge < -0.3 is 17.3 Å². The quantitative estimate of drug-likeness (QED) is 0.444. The van der Waals surface area contributed by atoms with E-state index in [1.165, 1.54) is 0 Å². The molecule has 0 atom stereocenters. The van der Waals surface area contributed by atoms with E-state index < -0.39 is 18.1 Å². The van der Waals surface area contributed by atoms with Crippen molar-refractivity contribution in [1.29, 1.82) is 0 Å². The average Bonchev–Trinajstić information content (AvgIpc) is 2.37. The van der Waals surface area contributed by atoms with Crippen LogP contribution in [0.2, 0.25) is 0 Å². The first-order valence-electron chi connectivity index (χ1n) is 5.51. The van der Waals surface area contributed by atoms with Crippen LogP contribution in [0.1, 0.15) is 0 Å². The fourth-order valence-corrected chi connectivity index (χ4v) is 4.33. The number of hydrogen-bond donors (Lipinski definition) is 0. The van der Waals surface area contributed by atoms with Crippen molar-refractivity contribution in [2.24, 2.45) is 0 Å². The summed E-state index contributed by atoms with van der Waals surface area (Å²) in [5.41, 5.74) is 0. The SMILES string of the molecule is F[B-](F)(F)F.O=S1c2ccccc2Sc2ccccc21. The zero-order chi connectivity index (χ0) is 14.8. The van der Waals surface area contributed by atoms with E-state index in [0.717, 1.165) is 19.6 Å². The lowest BCUT2D eigenvalue weighted by molar-refractivity contribution is 0.368. The van der Waals surface area contributed by atoms with Crippen molar-refractivity contribution < 1.29 is 21.5 Å². The van der Waals surface area contributed by atoms with Crippen LogP contribution in [0.5, 0.6) is 0 Å². The predicted molar refractivity (Wildman–Crippen MR) is 71.9 cm³/mol. The Hall–Kier alpha value is -1.28. The van der Waals surface area contributed by atoms with Gasteiger partial charge in [0.2, 0.25) is 0 Å². The first-order chi connectivity index (χ1) is 9.36. The van der Waals surface area contributed by atoms with Crippen molar-refractivity contribution in [3.8, 4) is 0 Å². The molecule has 0 bridgehead atoms. The van der Waals surface area contributed by atoms with Crippen molar-refractivity contribution in [3.05, 3.63) is 48.5 Å². The Balaban J connectivity index is 0.000000257. The zero-order valence-corrected chi connectivity index (χ0v) is 11.6. The third-order valence-electron chi connectivity index (χ3n) is 2.32. The Morgan fingerprint density at radius 3 is 1.55 bits per heavy atom. The van der Waals surface area contributed by atoms with E-state index in [0.29, 0.717) is 0 Å². The van der Waals surface area contributed by atoms with E-state index >= 15 is 0 Å². The lowest BCUT2D eigenvalue weighted by atomic mass is 10.3. The van der Waals surface area contributed by atoms with Crippen LogP contribution in [-0.2, 0) is 10.8 Å². The van der Waals surface area contributed by atoms with E-state index in [-0.39, 0.29) is 0 Å². The smallest absolute Gasteiger partial charge is 0.418 e. The van der Waals surface area contributed by atoms with E-state index in [1.54, 1.807) is 11.8 Å². The molecule has 0 radical (unpaired) electrons. The number of hydrogen-bond acceptors (Lipinski definition) is 2. The molecule has 1 heterocycles. The van der Waals surface area contributed by atoms with Gasteiger partial charge in [-0.15, -0.1) is 0 Å². The molecule has 1 nitrogen and oxygen atoms in total. The van der Waals surface area contributed by atoms with E-state index in [1.807, 2.05) is 48.5 Å². The first kappa shape index (κ1) is 15.1. The van der Waals surface area contributed by atoms with Crippen molar-refractivity contribution in [2.45, 2.75) is 19.6 Å². The zero-order valence-electron chi connectivity index (χ0n) is 9.93. The van der Waals surface area contributed by atoms with E-state index in [2.05, 4.69) is 0 Å². The molecule has 0 unspecified atom stereocenters. The summed E-state index contributed by atoms with van der Waals surface area (Å²) in [7, 11) is -7.01. The van der Waals surface area contributed by atoms with Crippen LogP contribution in [0.3, 0.4) is 0 Å². The second kappa shape index (κ2) is 6.01. The van der Waals surface area contributed by atoms with Gasteiger partial charge in [0.15, 0.2) is 0 Å². The Morgan fingerprint density at radius 2 is 1.15 bits per heavy atom. The fourth-order valence-electron chi connectivity index (χ4n) is 1.61. The van der Waals surface area contributed by atoms with Gasteiger partial charge in [0.25, 0.3) is 0 Å². The molecule has 1 aliphatic heterocycles. The van der Waals surface area contributed by atoms with Crippen LogP contribution in [0.4, 0.5) is 17.3 Å². The molecule has 0 aliphatic carbocycles. The summed E-state index contributed by atoms with van der Waals surface area (Å²) in [6.45, 7) is 0. The van der Waals surface area contributed by atoms with Crippen LogP contribution >= 0.6 is 11.8 Å². The Labute approximate surface area is 120 Å². The maximum atomic E-state index is 12.2. The minimum Gasteiger partial charge on any atom is -0.418 e. The molecular formula is C12H8BF4OS2-. The topological polar surface area (TPSA) is 17.1 Å². The molecule has 0 spiro atoms. The normalized spacial score (nSPS) is 13.8. The fraction of sp³-hybridized carbons (Fsp3) is 0. The highest BCUT2D eigenvalue weighted by Gasteiger charge is 2.21. The Morgan fingerprint density at radius 1 is 0.800 bits per heavy atom. The highest BCUT2D eigenvalue weighted by Crippen LogP contribution is 2.41. The molecule has 8 heteroatoms. The largest absolute Gasteiger partial charge is 0.673 e. The van der Waals surface area contributed by atoms with Gasteiger partial charge in [-0.3, -0.25) is 0 Å². The second-order valence-corrected chi connectivity index (χ2v) is 6.26. The van der Waals surface area contributed by atoms with Gasteiger partial charge in [-0.05, 0) is 24.3 Å². The van der Waals surface area contributed by atoms with Gasteiger partial charge in [0.05, 0.1) is 20.6 Å². The summed E-state index contributed by atoms with van der Waals surface area (Å²) in [4.78, 5) is 4.08. The summed E-state index contributed by atoms with van der Waals surface area (Å²) in [6.07, 6.45) is 0. The summed E-state index contributed by atoms with van der Waals surface area (Å²) in [5.74, 6) is 0.